The topological polar surface area (TPSA) is 91.8 Å². The monoisotopic (exact) mass is 440 g/mol. The molecule has 0 spiro atoms. The summed E-state index contributed by atoms with van der Waals surface area (Å²) in [6.07, 6.45) is 1.69. The van der Waals surface area contributed by atoms with Crippen LogP contribution in [0.2, 0.25) is 0 Å². The molecule has 0 atom stereocenters. The Labute approximate surface area is 173 Å². The van der Waals surface area contributed by atoms with Gasteiger partial charge in [0.15, 0.2) is 0 Å². The molecule has 1 fully saturated rings. The van der Waals surface area contributed by atoms with E-state index in [1.807, 2.05) is 23.1 Å². The summed E-state index contributed by atoms with van der Waals surface area (Å²) in [5.74, 6) is -0.156. The van der Waals surface area contributed by atoms with Crippen LogP contribution in [-0.2, 0) is 10.0 Å². The highest BCUT2D eigenvalue weighted by Crippen LogP contribution is 2.16. The number of aromatic nitrogens is 1. The number of nitrogens with one attached hydrogen (secondary N) is 1. The first kappa shape index (κ1) is 21.9. The van der Waals surface area contributed by atoms with Crippen molar-refractivity contribution in [3.05, 3.63) is 54.2 Å². The number of hydrogen-bond acceptors (Lipinski definition) is 6. The third-order valence-corrected chi connectivity index (χ3v) is 6.44. The Balaban J connectivity index is 1.48. The van der Waals surface area contributed by atoms with Gasteiger partial charge in [0.2, 0.25) is 10.0 Å². The molecule has 2 aromatic rings. The van der Waals surface area contributed by atoms with Crippen LogP contribution >= 0.6 is 0 Å². The van der Waals surface area contributed by atoms with Crippen LogP contribution in [-0.4, -0.2) is 68.7 Å². The summed E-state index contributed by atoms with van der Waals surface area (Å²) in [6.45, 7) is -1.37. The van der Waals surface area contributed by atoms with Crippen LogP contribution in [0.1, 0.15) is 10.4 Å². The molecule has 1 aromatic heterocycles. The Morgan fingerprint density at radius 3 is 2.57 bits per heavy atom. The normalized spacial score (nSPS) is 15.2. The van der Waals surface area contributed by atoms with Crippen LogP contribution in [0.3, 0.4) is 0 Å². The first-order valence-electron chi connectivity index (χ1n) is 9.32. The summed E-state index contributed by atoms with van der Waals surface area (Å²) in [7, 11) is -3.54. The van der Waals surface area contributed by atoms with Gasteiger partial charge < -0.3 is 15.0 Å². The number of alkyl halides is 2. The van der Waals surface area contributed by atoms with Gasteiger partial charge in [-0.15, -0.1) is 0 Å². The molecule has 0 aliphatic carbocycles. The van der Waals surface area contributed by atoms with E-state index in [-0.39, 0.29) is 23.6 Å². The molecule has 11 heteroatoms. The number of hydrogen-bond donors (Lipinski definition) is 1. The van der Waals surface area contributed by atoms with E-state index in [2.05, 4.69) is 15.0 Å². The molecule has 8 nitrogen and oxygen atoms in total. The number of carbonyl (C=O) groups is 1. The number of nitrogens with zero attached hydrogens (tertiary/aromatic N) is 3. The Morgan fingerprint density at radius 1 is 1.13 bits per heavy atom. The molecule has 30 heavy (non-hydrogen) atoms. The molecule has 1 aromatic carbocycles. The van der Waals surface area contributed by atoms with E-state index in [1.54, 1.807) is 6.20 Å². The standard InChI is InChI=1S/C19H22F2N4O4S/c20-19(21)29-16-5-3-4-15(14-16)18(26)23-8-13-30(27,28)25-11-9-24(10-12-25)17-6-1-2-7-22-17/h1-7,14,19H,8-13H2,(H,23,26). The molecule has 1 amide bonds. The van der Waals surface area contributed by atoms with Crippen LogP contribution in [0.25, 0.3) is 0 Å². The van der Waals surface area contributed by atoms with Crippen molar-refractivity contribution in [2.24, 2.45) is 0 Å². The minimum Gasteiger partial charge on any atom is -0.435 e. The number of anilines is 1. The van der Waals surface area contributed by atoms with E-state index in [4.69, 9.17) is 0 Å². The van der Waals surface area contributed by atoms with Crippen molar-refractivity contribution in [1.82, 2.24) is 14.6 Å². The summed E-state index contributed by atoms with van der Waals surface area (Å²) < 4.78 is 55.3. The molecule has 0 bridgehead atoms. The zero-order valence-electron chi connectivity index (χ0n) is 16.1. The fourth-order valence-electron chi connectivity index (χ4n) is 3.07. The first-order valence-corrected chi connectivity index (χ1v) is 10.9. The van der Waals surface area contributed by atoms with Gasteiger partial charge >= 0.3 is 6.61 Å². The molecule has 1 aliphatic heterocycles. The molecule has 1 saturated heterocycles. The van der Waals surface area contributed by atoms with Crippen LogP contribution in [0.5, 0.6) is 5.75 Å². The molecular formula is C19H22F2N4O4S. The zero-order valence-corrected chi connectivity index (χ0v) is 16.9. The molecule has 0 radical (unpaired) electrons. The van der Waals surface area contributed by atoms with Gasteiger partial charge in [0.1, 0.15) is 11.6 Å². The molecule has 3 rings (SSSR count). The largest absolute Gasteiger partial charge is 0.435 e. The van der Waals surface area contributed by atoms with Crippen molar-refractivity contribution in [2.45, 2.75) is 6.61 Å². The third kappa shape index (κ3) is 5.86. The smallest absolute Gasteiger partial charge is 0.387 e. The van der Waals surface area contributed by atoms with Gasteiger partial charge in [-0.1, -0.05) is 12.1 Å². The number of amides is 1. The quantitative estimate of drug-likeness (QED) is 0.670. The molecule has 162 valence electrons. The van der Waals surface area contributed by atoms with E-state index < -0.39 is 22.5 Å². The van der Waals surface area contributed by atoms with Gasteiger partial charge in [0.05, 0.1) is 5.75 Å². The van der Waals surface area contributed by atoms with Gasteiger partial charge in [-0.05, 0) is 30.3 Å². The predicted molar refractivity (Wildman–Crippen MR) is 107 cm³/mol. The molecular weight excluding hydrogens is 418 g/mol. The number of carbonyl (C=O) groups excluding carboxylic acids is 1. The summed E-state index contributed by atoms with van der Waals surface area (Å²) >= 11 is 0. The van der Waals surface area contributed by atoms with E-state index >= 15 is 0 Å². The maximum Gasteiger partial charge on any atom is 0.387 e. The summed E-state index contributed by atoms with van der Waals surface area (Å²) in [6, 6.07) is 10.9. The Morgan fingerprint density at radius 2 is 1.90 bits per heavy atom. The zero-order chi connectivity index (χ0) is 21.6. The second kappa shape index (κ2) is 9.81. The average molecular weight is 440 g/mol. The predicted octanol–water partition coefficient (Wildman–Crippen LogP) is 1.56. The number of halogens is 2. The van der Waals surface area contributed by atoms with Gasteiger partial charge in [-0.25, -0.2) is 13.4 Å². The number of rotatable bonds is 8. The van der Waals surface area contributed by atoms with E-state index in [0.717, 1.165) is 5.82 Å². The number of benzene rings is 1. The lowest BCUT2D eigenvalue weighted by Crippen LogP contribution is -2.50. The fourth-order valence-corrected chi connectivity index (χ4v) is 4.41. The fraction of sp³-hybridized carbons (Fsp3) is 0.368. The van der Waals surface area contributed by atoms with Crippen molar-refractivity contribution in [3.8, 4) is 5.75 Å². The minimum atomic E-state index is -3.54. The van der Waals surface area contributed by atoms with Crippen LogP contribution in [0.15, 0.2) is 48.7 Å². The lowest BCUT2D eigenvalue weighted by atomic mass is 10.2. The van der Waals surface area contributed by atoms with Crippen molar-refractivity contribution in [1.29, 1.82) is 0 Å². The number of ether oxygens (including phenoxy) is 1. The highest BCUT2D eigenvalue weighted by Gasteiger charge is 2.27. The third-order valence-electron chi connectivity index (χ3n) is 4.57. The lowest BCUT2D eigenvalue weighted by molar-refractivity contribution is -0.0498. The van der Waals surface area contributed by atoms with Crippen LogP contribution in [0, 0.1) is 0 Å². The lowest BCUT2D eigenvalue weighted by Gasteiger charge is -2.34. The van der Waals surface area contributed by atoms with Gasteiger partial charge in [0, 0.05) is 44.5 Å². The second-order valence-corrected chi connectivity index (χ2v) is 8.64. The van der Waals surface area contributed by atoms with E-state index in [1.165, 1.54) is 28.6 Å². The Kier molecular flexibility index (Phi) is 7.16. The Hall–Kier alpha value is -2.79. The van der Waals surface area contributed by atoms with E-state index in [9.17, 15) is 22.0 Å². The summed E-state index contributed by atoms with van der Waals surface area (Å²) in [5.41, 5.74) is 0.106. The maximum absolute atomic E-state index is 12.6. The van der Waals surface area contributed by atoms with Crippen LogP contribution < -0.4 is 15.0 Å². The average Bonchev–Trinajstić information content (AvgIpc) is 2.74. The van der Waals surface area contributed by atoms with Crippen molar-refractivity contribution in [2.75, 3.05) is 43.4 Å². The van der Waals surface area contributed by atoms with E-state index in [0.29, 0.717) is 26.2 Å². The summed E-state index contributed by atoms with van der Waals surface area (Å²) in [4.78, 5) is 18.5. The first-order chi connectivity index (χ1) is 14.3. The highest BCUT2D eigenvalue weighted by atomic mass is 32.2. The highest BCUT2D eigenvalue weighted by molar-refractivity contribution is 7.89. The van der Waals surface area contributed by atoms with Crippen LogP contribution in [0.4, 0.5) is 14.6 Å². The Bertz CT molecular complexity index is 952. The molecule has 0 unspecified atom stereocenters. The van der Waals surface area contributed by atoms with Crippen molar-refractivity contribution in [3.63, 3.8) is 0 Å². The molecule has 0 saturated carbocycles. The molecule has 2 heterocycles. The van der Waals surface area contributed by atoms with Gasteiger partial charge in [-0.2, -0.15) is 13.1 Å². The second-order valence-electron chi connectivity index (χ2n) is 6.55. The number of pyridine rings is 1. The minimum absolute atomic E-state index is 0.0957. The SMILES string of the molecule is O=C(NCCS(=O)(=O)N1CCN(c2ccccn2)CC1)c1cccc(OC(F)F)c1. The van der Waals surface area contributed by atoms with Gasteiger partial charge in [-0.3, -0.25) is 4.79 Å². The van der Waals surface area contributed by atoms with Crippen molar-refractivity contribution < 1.29 is 26.7 Å². The summed E-state index contributed by atoms with van der Waals surface area (Å²) in [5, 5.41) is 2.50. The van der Waals surface area contributed by atoms with Gasteiger partial charge in [0.25, 0.3) is 5.91 Å². The number of sulfonamides is 1. The maximum atomic E-state index is 12.6. The van der Waals surface area contributed by atoms with Crippen molar-refractivity contribution >= 4 is 21.7 Å². The molecule has 1 N–H and O–H groups in total. The number of piperazine rings is 1. The molecule has 1 aliphatic rings.